The van der Waals surface area contributed by atoms with Crippen LogP contribution >= 0.6 is 0 Å². The van der Waals surface area contributed by atoms with Crippen LogP contribution < -0.4 is 0 Å². The number of aliphatic hydroxyl groups excluding tert-OH is 1. The lowest BCUT2D eigenvalue weighted by molar-refractivity contribution is -0.144. The van der Waals surface area contributed by atoms with Crippen molar-refractivity contribution in [1.29, 1.82) is 0 Å². The SMILES string of the molecule is CC1(C)CC[C@@H](O)C2=C[C@@H]3CC(=O)O[C@@H]3[C@@H]21. The van der Waals surface area contributed by atoms with E-state index in [1.807, 2.05) is 0 Å². The molecule has 1 saturated carbocycles. The van der Waals surface area contributed by atoms with Gasteiger partial charge >= 0.3 is 5.97 Å². The minimum atomic E-state index is -0.317. The highest BCUT2D eigenvalue weighted by Crippen LogP contribution is 2.54. The predicted molar refractivity (Wildman–Crippen MR) is 58.6 cm³/mol. The number of fused-ring (bicyclic) bond motifs is 3. The molecule has 3 nitrogen and oxygen atoms in total. The summed E-state index contributed by atoms with van der Waals surface area (Å²) in [6.07, 6.45) is 4.11. The van der Waals surface area contributed by atoms with E-state index in [9.17, 15) is 9.90 Å². The third-order valence-corrected chi connectivity index (χ3v) is 4.47. The van der Waals surface area contributed by atoms with E-state index in [-0.39, 0.29) is 35.4 Å². The van der Waals surface area contributed by atoms with Crippen LogP contribution in [0.2, 0.25) is 0 Å². The van der Waals surface area contributed by atoms with Crippen LogP contribution in [0.1, 0.15) is 33.1 Å². The Labute approximate surface area is 95.5 Å². The smallest absolute Gasteiger partial charge is 0.306 e. The highest BCUT2D eigenvalue weighted by Gasteiger charge is 2.54. The van der Waals surface area contributed by atoms with Crippen molar-refractivity contribution in [2.45, 2.75) is 45.3 Å². The summed E-state index contributed by atoms with van der Waals surface area (Å²) >= 11 is 0. The molecule has 1 heterocycles. The molecular formula is C13H18O3. The lowest BCUT2D eigenvalue weighted by atomic mass is 9.65. The van der Waals surface area contributed by atoms with Crippen LogP contribution in [0.25, 0.3) is 0 Å². The molecule has 0 bridgehead atoms. The lowest BCUT2D eigenvalue weighted by Gasteiger charge is -2.42. The second-order valence-electron chi connectivity index (χ2n) is 6.01. The number of esters is 1. The van der Waals surface area contributed by atoms with Gasteiger partial charge in [0.15, 0.2) is 0 Å². The summed E-state index contributed by atoms with van der Waals surface area (Å²) in [5, 5.41) is 10.0. The maximum Gasteiger partial charge on any atom is 0.306 e. The second-order valence-corrected chi connectivity index (χ2v) is 6.01. The van der Waals surface area contributed by atoms with Gasteiger partial charge in [-0.2, -0.15) is 0 Å². The van der Waals surface area contributed by atoms with E-state index < -0.39 is 0 Å². The lowest BCUT2D eigenvalue weighted by Crippen LogP contribution is -2.41. The van der Waals surface area contributed by atoms with E-state index in [4.69, 9.17) is 4.74 Å². The molecule has 3 heteroatoms. The average molecular weight is 222 g/mol. The molecule has 3 rings (SSSR count). The molecule has 4 atom stereocenters. The fourth-order valence-corrected chi connectivity index (χ4v) is 3.65. The number of hydrogen-bond donors (Lipinski definition) is 1. The van der Waals surface area contributed by atoms with E-state index >= 15 is 0 Å². The first-order valence-corrected chi connectivity index (χ1v) is 6.08. The summed E-state index contributed by atoms with van der Waals surface area (Å²) in [6, 6.07) is 0. The molecule has 2 fully saturated rings. The summed E-state index contributed by atoms with van der Waals surface area (Å²) in [4.78, 5) is 11.3. The van der Waals surface area contributed by atoms with Gasteiger partial charge in [-0.1, -0.05) is 19.9 Å². The van der Waals surface area contributed by atoms with Gasteiger partial charge in [0, 0.05) is 11.8 Å². The normalized spacial score (nSPS) is 44.7. The van der Waals surface area contributed by atoms with E-state index in [0.717, 1.165) is 18.4 Å². The van der Waals surface area contributed by atoms with E-state index in [2.05, 4.69) is 19.9 Å². The summed E-state index contributed by atoms with van der Waals surface area (Å²) in [5.74, 6) is 0.355. The maximum absolute atomic E-state index is 11.3. The van der Waals surface area contributed by atoms with E-state index in [1.54, 1.807) is 0 Å². The van der Waals surface area contributed by atoms with Crippen molar-refractivity contribution < 1.29 is 14.6 Å². The van der Waals surface area contributed by atoms with Crippen LogP contribution in [0.15, 0.2) is 11.6 Å². The number of carbonyl (C=O) groups is 1. The van der Waals surface area contributed by atoms with Gasteiger partial charge in [-0.3, -0.25) is 4.79 Å². The topological polar surface area (TPSA) is 46.5 Å². The number of rotatable bonds is 0. The van der Waals surface area contributed by atoms with Crippen molar-refractivity contribution in [1.82, 2.24) is 0 Å². The minimum Gasteiger partial charge on any atom is -0.461 e. The fraction of sp³-hybridized carbons (Fsp3) is 0.769. The summed E-state index contributed by atoms with van der Waals surface area (Å²) in [6.45, 7) is 4.43. The zero-order valence-corrected chi connectivity index (χ0v) is 9.77. The second kappa shape index (κ2) is 3.10. The van der Waals surface area contributed by atoms with Crippen LogP contribution in [0, 0.1) is 17.3 Å². The zero-order valence-electron chi connectivity index (χ0n) is 9.77. The first-order chi connectivity index (χ1) is 7.49. The minimum absolute atomic E-state index is 0.00699. The molecular weight excluding hydrogens is 204 g/mol. The molecule has 1 aliphatic heterocycles. The molecule has 3 aliphatic rings. The summed E-state index contributed by atoms with van der Waals surface area (Å²) in [5.41, 5.74) is 1.26. The standard InChI is InChI=1S/C13H18O3/c1-13(2)4-3-9(14)8-5-7-6-10(15)16-12(7)11(8)13/h5,7,9,11-12,14H,3-4,6H2,1-2H3/t7-,9-,11-,12+/m1/s1. The van der Waals surface area contributed by atoms with E-state index in [0.29, 0.717) is 6.42 Å². The Morgan fingerprint density at radius 1 is 1.50 bits per heavy atom. The number of carbonyl (C=O) groups excluding carboxylic acids is 1. The molecule has 16 heavy (non-hydrogen) atoms. The Balaban J connectivity index is 1.98. The highest BCUT2D eigenvalue weighted by molar-refractivity contribution is 5.73. The molecule has 0 radical (unpaired) electrons. The van der Waals surface area contributed by atoms with Gasteiger partial charge in [-0.15, -0.1) is 0 Å². The Kier molecular flexibility index (Phi) is 2.00. The van der Waals surface area contributed by atoms with Crippen molar-refractivity contribution in [3.05, 3.63) is 11.6 Å². The molecule has 0 aromatic heterocycles. The molecule has 0 aromatic carbocycles. The van der Waals surface area contributed by atoms with Crippen LogP contribution in [0.5, 0.6) is 0 Å². The Morgan fingerprint density at radius 3 is 3.00 bits per heavy atom. The highest BCUT2D eigenvalue weighted by atomic mass is 16.6. The predicted octanol–water partition coefficient (Wildman–Crippen LogP) is 1.66. The average Bonchev–Trinajstić information content (AvgIpc) is 2.67. The molecule has 0 aromatic rings. The van der Waals surface area contributed by atoms with Crippen LogP contribution in [0.3, 0.4) is 0 Å². The van der Waals surface area contributed by atoms with Crippen molar-refractivity contribution in [3.63, 3.8) is 0 Å². The first kappa shape index (κ1) is 10.3. The zero-order chi connectivity index (χ0) is 11.5. The van der Waals surface area contributed by atoms with Crippen LogP contribution in [0.4, 0.5) is 0 Å². The van der Waals surface area contributed by atoms with Crippen LogP contribution in [-0.2, 0) is 9.53 Å². The molecule has 88 valence electrons. The van der Waals surface area contributed by atoms with Gasteiger partial charge in [0.05, 0.1) is 12.5 Å². The van der Waals surface area contributed by atoms with Gasteiger partial charge in [0.25, 0.3) is 0 Å². The third-order valence-electron chi connectivity index (χ3n) is 4.47. The largest absolute Gasteiger partial charge is 0.461 e. The molecule has 1 N–H and O–H groups in total. The molecule has 2 aliphatic carbocycles. The Hall–Kier alpha value is -0.830. The molecule has 0 amide bonds. The van der Waals surface area contributed by atoms with Gasteiger partial charge in [0.2, 0.25) is 0 Å². The molecule has 0 unspecified atom stereocenters. The quantitative estimate of drug-likeness (QED) is 0.501. The number of hydrogen-bond acceptors (Lipinski definition) is 3. The van der Waals surface area contributed by atoms with Gasteiger partial charge < -0.3 is 9.84 Å². The van der Waals surface area contributed by atoms with Crippen molar-refractivity contribution in [3.8, 4) is 0 Å². The van der Waals surface area contributed by atoms with E-state index in [1.165, 1.54) is 0 Å². The van der Waals surface area contributed by atoms with Crippen molar-refractivity contribution in [2.75, 3.05) is 0 Å². The molecule has 0 spiro atoms. The fourth-order valence-electron chi connectivity index (χ4n) is 3.65. The molecule has 1 saturated heterocycles. The number of aliphatic hydroxyl groups is 1. The van der Waals surface area contributed by atoms with Crippen molar-refractivity contribution >= 4 is 5.97 Å². The van der Waals surface area contributed by atoms with Gasteiger partial charge in [0.1, 0.15) is 6.10 Å². The summed E-state index contributed by atoms with van der Waals surface area (Å²) < 4.78 is 5.44. The monoisotopic (exact) mass is 222 g/mol. The maximum atomic E-state index is 11.3. The van der Waals surface area contributed by atoms with Crippen LogP contribution in [-0.4, -0.2) is 23.3 Å². The first-order valence-electron chi connectivity index (χ1n) is 6.08. The van der Waals surface area contributed by atoms with Gasteiger partial charge in [-0.25, -0.2) is 0 Å². The Bertz CT molecular complexity index is 369. The van der Waals surface area contributed by atoms with Crippen molar-refractivity contribution in [2.24, 2.45) is 17.3 Å². The Morgan fingerprint density at radius 2 is 2.25 bits per heavy atom. The summed E-state index contributed by atoms with van der Waals surface area (Å²) in [7, 11) is 0. The van der Waals surface area contributed by atoms with Gasteiger partial charge in [-0.05, 0) is 23.8 Å². The third kappa shape index (κ3) is 1.27. The number of ether oxygens (including phenoxy) is 1.